The first-order valence-corrected chi connectivity index (χ1v) is 1.56. The second-order valence-electron chi connectivity index (χ2n) is 0.820. The van der Waals surface area contributed by atoms with Gasteiger partial charge in [-0.3, -0.25) is 5.53 Å². The van der Waals surface area contributed by atoms with Crippen molar-refractivity contribution in [1.82, 2.24) is 20.3 Å². The van der Waals surface area contributed by atoms with Crippen molar-refractivity contribution in [3.63, 3.8) is 0 Å². The summed E-state index contributed by atoms with van der Waals surface area (Å²) in [6.07, 6.45) is 2.30. The van der Waals surface area contributed by atoms with Gasteiger partial charge in [0.2, 0.25) is 0 Å². The van der Waals surface area contributed by atoms with Gasteiger partial charge in [-0.15, -0.1) is 0 Å². The molecule has 0 aliphatic heterocycles. The summed E-state index contributed by atoms with van der Waals surface area (Å²) in [5, 5.41) is 9.68. The SMILES string of the molecule is NNn1[c-]nnn1. The number of hydrogen-bond acceptors (Lipinski definition) is 5. The summed E-state index contributed by atoms with van der Waals surface area (Å²) in [5.74, 6) is 4.83. The lowest BCUT2D eigenvalue weighted by Crippen LogP contribution is -2.22. The minimum Gasteiger partial charge on any atom is -0.329 e. The van der Waals surface area contributed by atoms with E-state index in [1.807, 2.05) is 0 Å². The minimum atomic E-state index is 1.06. The number of hydrazine groups is 1. The van der Waals surface area contributed by atoms with Gasteiger partial charge in [0.05, 0.1) is 0 Å². The fourth-order valence-corrected chi connectivity index (χ4v) is 0.197. The molecule has 1 aromatic rings. The van der Waals surface area contributed by atoms with Crippen molar-refractivity contribution in [3.05, 3.63) is 6.33 Å². The quantitative estimate of drug-likeness (QED) is 0.239. The summed E-state index contributed by atoms with van der Waals surface area (Å²) in [6, 6.07) is 0. The van der Waals surface area contributed by atoms with Gasteiger partial charge in [0.15, 0.2) is 0 Å². The van der Waals surface area contributed by atoms with Crippen molar-refractivity contribution in [1.29, 1.82) is 0 Å². The Balaban J connectivity index is 2.76. The smallest absolute Gasteiger partial charge is 0.0624 e. The summed E-state index contributed by atoms with van der Waals surface area (Å²) < 4.78 is 0. The molecule has 1 aromatic heterocycles. The van der Waals surface area contributed by atoms with Crippen LogP contribution in [0.2, 0.25) is 0 Å². The number of aromatic nitrogens is 4. The summed E-state index contributed by atoms with van der Waals surface area (Å²) in [6.45, 7) is 0. The maximum Gasteiger partial charge on any atom is -0.0624 e. The van der Waals surface area contributed by atoms with Crippen LogP contribution in [0.25, 0.3) is 0 Å². The molecule has 0 saturated carbocycles. The van der Waals surface area contributed by atoms with Crippen molar-refractivity contribution in [3.8, 4) is 0 Å². The number of nitrogens with two attached hydrogens (primary N) is 1. The molecule has 0 saturated heterocycles. The van der Waals surface area contributed by atoms with Gasteiger partial charge in [-0.1, -0.05) is 10.4 Å². The first kappa shape index (κ1) is 4.00. The van der Waals surface area contributed by atoms with Crippen molar-refractivity contribution in [2.24, 2.45) is 5.84 Å². The molecule has 0 atom stereocenters. The molecular formula is CH3N6-. The molecule has 0 spiro atoms. The molecule has 0 aliphatic carbocycles. The Morgan fingerprint density at radius 3 is 2.86 bits per heavy atom. The van der Waals surface area contributed by atoms with E-state index >= 15 is 0 Å². The molecule has 0 bridgehead atoms. The van der Waals surface area contributed by atoms with Gasteiger partial charge < -0.3 is 9.89 Å². The third-order valence-electron chi connectivity index (χ3n) is 0.436. The van der Waals surface area contributed by atoms with Gasteiger partial charge in [0.1, 0.15) is 0 Å². The first-order chi connectivity index (χ1) is 3.43. The Hall–Kier alpha value is -1.17. The number of hydrogen-bond donors (Lipinski definition) is 2. The molecule has 0 aromatic carbocycles. The van der Waals surface area contributed by atoms with Crippen molar-refractivity contribution >= 4 is 0 Å². The van der Waals surface area contributed by atoms with E-state index in [1.54, 1.807) is 0 Å². The summed E-state index contributed by atoms with van der Waals surface area (Å²) in [5.41, 5.74) is 2.13. The van der Waals surface area contributed by atoms with E-state index in [0.29, 0.717) is 0 Å². The predicted octanol–water partition coefficient (Wildman–Crippen LogP) is -2.11. The number of nitrogens with one attached hydrogen (secondary N) is 1. The van der Waals surface area contributed by atoms with Crippen LogP contribution < -0.4 is 11.4 Å². The van der Waals surface area contributed by atoms with E-state index in [2.05, 4.69) is 27.4 Å². The second kappa shape index (κ2) is 1.52. The van der Waals surface area contributed by atoms with Crippen molar-refractivity contribution in [2.75, 3.05) is 5.53 Å². The lowest BCUT2D eigenvalue weighted by atomic mass is 11.4. The van der Waals surface area contributed by atoms with E-state index in [1.165, 1.54) is 0 Å². The Bertz CT molecular complexity index is 119. The molecule has 38 valence electrons. The lowest BCUT2D eigenvalue weighted by molar-refractivity contribution is 0.700. The largest absolute Gasteiger partial charge is 0.329 e. The topological polar surface area (TPSA) is 81.6 Å². The van der Waals surface area contributed by atoms with Crippen LogP contribution in [-0.2, 0) is 0 Å². The predicted molar refractivity (Wildman–Crippen MR) is 20.2 cm³/mol. The standard InChI is InChI=1S/CH3N6/c2-4-7-1-3-5-6-7/h4H,2H2/q-1. The minimum absolute atomic E-state index is 1.06. The molecule has 6 heteroatoms. The molecule has 7 heavy (non-hydrogen) atoms. The average Bonchev–Trinajstić information content (AvgIpc) is 2.14. The molecular weight excluding hydrogens is 96.1 g/mol. The molecule has 1 heterocycles. The molecule has 1 rings (SSSR count). The molecule has 0 unspecified atom stereocenters. The lowest BCUT2D eigenvalue weighted by Gasteiger charge is -2.00. The van der Waals surface area contributed by atoms with Crippen molar-refractivity contribution < 1.29 is 0 Å². The fraction of sp³-hybridized carbons (Fsp3) is 0. The third-order valence-corrected chi connectivity index (χ3v) is 0.436. The fourth-order valence-electron chi connectivity index (χ4n) is 0.197. The van der Waals surface area contributed by atoms with Gasteiger partial charge in [0.25, 0.3) is 0 Å². The van der Waals surface area contributed by atoms with E-state index in [0.717, 1.165) is 4.79 Å². The van der Waals surface area contributed by atoms with Crippen LogP contribution in [0.5, 0.6) is 0 Å². The zero-order chi connectivity index (χ0) is 5.11. The zero-order valence-corrected chi connectivity index (χ0v) is 3.37. The highest BCUT2D eigenvalue weighted by molar-refractivity contribution is 4.45. The van der Waals surface area contributed by atoms with Crippen LogP contribution in [0.1, 0.15) is 0 Å². The normalized spacial score (nSPS) is 8.71. The number of tetrazole rings is 1. The molecule has 0 fully saturated rings. The van der Waals surface area contributed by atoms with Gasteiger partial charge >= 0.3 is 0 Å². The molecule has 6 nitrogen and oxygen atoms in total. The summed E-state index contributed by atoms with van der Waals surface area (Å²) in [4.78, 5) is 1.06. The zero-order valence-electron chi connectivity index (χ0n) is 3.37. The van der Waals surface area contributed by atoms with Crippen LogP contribution in [0.15, 0.2) is 0 Å². The molecule has 0 aliphatic rings. The Kier molecular flexibility index (Phi) is 0.868. The first-order valence-electron chi connectivity index (χ1n) is 1.56. The maximum atomic E-state index is 4.83. The van der Waals surface area contributed by atoms with Crippen LogP contribution >= 0.6 is 0 Å². The van der Waals surface area contributed by atoms with E-state index in [4.69, 9.17) is 5.84 Å². The van der Waals surface area contributed by atoms with E-state index < -0.39 is 0 Å². The van der Waals surface area contributed by atoms with Crippen LogP contribution in [0, 0.1) is 6.33 Å². The highest BCUT2D eigenvalue weighted by Crippen LogP contribution is 1.56. The second-order valence-corrected chi connectivity index (χ2v) is 0.820. The number of nitrogen functional groups attached to an aromatic ring is 1. The third kappa shape index (κ3) is 0.631. The van der Waals surface area contributed by atoms with E-state index in [9.17, 15) is 0 Å². The number of rotatable bonds is 1. The molecule has 0 radical (unpaired) electrons. The summed E-state index contributed by atoms with van der Waals surface area (Å²) >= 11 is 0. The Morgan fingerprint density at radius 2 is 2.57 bits per heavy atom. The van der Waals surface area contributed by atoms with Crippen LogP contribution in [-0.4, -0.2) is 20.3 Å². The number of nitrogens with zero attached hydrogens (tertiary/aromatic N) is 4. The molecule has 0 amide bonds. The highest BCUT2D eigenvalue weighted by atomic mass is 15.7. The summed E-state index contributed by atoms with van der Waals surface area (Å²) in [7, 11) is 0. The monoisotopic (exact) mass is 99.0 g/mol. The Morgan fingerprint density at radius 1 is 1.71 bits per heavy atom. The average molecular weight is 99.1 g/mol. The van der Waals surface area contributed by atoms with Gasteiger partial charge in [0, 0.05) is 0 Å². The highest BCUT2D eigenvalue weighted by Gasteiger charge is 1.63. The van der Waals surface area contributed by atoms with Gasteiger partial charge in [-0.25, -0.2) is 12.2 Å². The van der Waals surface area contributed by atoms with Gasteiger partial charge in [-0.05, 0) is 0 Å². The van der Waals surface area contributed by atoms with E-state index in [-0.39, 0.29) is 0 Å². The Labute approximate surface area is 39.2 Å². The van der Waals surface area contributed by atoms with Gasteiger partial charge in [-0.2, -0.15) is 0 Å². The molecule has 3 N–H and O–H groups in total. The maximum absolute atomic E-state index is 4.83. The van der Waals surface area contributed by atoms with Crippen LogP contribution in [0.4, 0.5) is 0 Å². The van der Waals surface area contributed by atoms with Crippen molar-refractivity contribution in [2.45, 2.75) is 0 Å². The van der Waals surface area contributed by atoms with Crippen LogP contribution in [0.3, 0.4) is 0 Å².